The summed E-state index contributed by atoms with van der Waals surface area (Å²) < 4.78 is 1.83. The van der Waals surface area contributed by atoms with Crippen LogP contribution in [0.2, 0.25) is 0 Å². The van der Waals surface area contributed by atoms with Crippen molar-refractivity contribution < 1.29 is 9.59 Å². The Labute approximate surface area is 176 Å². The minimum absolute atomic E-state index is 0.00779. The van der Waals surface area contributed by atoms with Crippen LogP contribution in [-0.4, -0.2) is 39.6 Å². The number of nitrogens with zero attached hydrogens (tertiary/aromatic N) is 3. The van der Waals surface area contributed by atoms with Crippen molar-refractivity contribution in [3.05, 3.63) is 83.7 Å². The highest BCUT2D eigenvalue weighted by Crippen LogP contribution is 2.22. The normalized spacial score (nSPS) is 16.3. The zero-order valence-electron chi connectivity index (χ0n) is 17.1. The number of likely N-dealkylation sites (tertiary alicyclic amines) is 1. The zero-order valence-corrected chi connectivity index (χ0v) is 17.1. The van der Waals surface area contributed by atoms with Gasteiger partial charge in [0.15, 0.2) is 0 Å². The molecule has 0 radical (unpaired) electrons. The van der Waals surface area contributed by atoms with E-state index in [0.717, 1.165) is 29.7 Å². The van der Waals surface area contributed by atoms with Gasteiger partial charge in [0.25, 0.3) is 5.91 Å². The van der Waals surface area contributed by atoms with Crippen LogP contribution in [0.4, 0.5) is 5.69 Å². The second kappa shape index (κ2) is 8.95. The zero-order chi connectivity index (χ0) is 20.9. The highest BCUT2D eigenvalue weighted by Gasteiger charge is 2.29. The highest BCUT2D eigenvalue weighted by atomic mass is 16.2. The standard InChI is InChI=1S/C24H26N4O2/c1-18-9-11-19(12-10-18)24(30)27-14-4-7-21(16-27)23(29)26-22-8-3-2-6-20(22)17-28-15-5-13-25-28/h2-3,5-6,8-13,15,21H,4,7,14,16-17H2,1H3,(H,26,29). The number of nitrogens with one attached hydrogen (secondary N) is 1. The average molecular weight is 402 g/mol. The smallest absolute Gasteiger partial charge is 0.253 e. The molecule has 2 heterocycles. The summed E-state index contributed by atoms with van der Waals surface area (Å²) in [6.45, 7) is 3.72. The van der Waals surface area contributed by atoms with Crippen molar-refractivity contribution in [3.63, 3.8) is 0 Å². The minimum atomic E-state index is -0.217. The molecule has 1 saturated heterocycles. The van der Waals surface area contributed by atoms with Gasteiger partial charge < -0.3 is 10.2 Å². The van der Waals surface area contributed by atoms with E-state index in [1.165, 1.54) is 0 Å². The molecule has 2 aromatic carbocycles. The third-order valence-electron chi connectivity index (χ3n) is 5.54. The van der Waals surface area contributed by atoms with Gasteiger partial charge >= 0.3 is 0 Å². The van der Waals surface area contributed by atoms with Gasteiger partial charge in [-0.2, -0.15) is 5.10 Å². The lowest BCUT2D eigenvalue weighted by molar-refractivity contribution is -0.121. The maximum atomic E-state index is 13.0. The van der Waals surface area contributed by atoms with Crippen molar-refractivity contribution in [1.29, 1.82) is 0 Å². The molecule has 1 aromatic heterocycles. The molecular weight excluding hydrogens is 376 g/mol. The number of amides is 2. The van der Waals surface area contributed by atoms with Gasteiger partial charge in [-0.15, -0.1) is 0 Å². The molecule has 1 N–H and O–H groups in total. The Bertz CT molecular complexity index is 1010. The molecule has 6 nitrogen and oxygen atoms in total. The SMILES string of the molecule is Cc1ccc(C(=O)N2CCCC(C(=O)Nc3ccccc3Cn3cccn3)C2)cc1. The molecule has 154 valence electrons. The van der Waals surface area contributed by atoms with Crippen LogP contribution in [0.5, 0.6) is 0 Å². The number of anilines is 1. The second-order valence-electron chi connectivity index (χ2n) is 7.81. The number of hydrogen-bond donors (Lipinski definition) is 1. The topological polar surface area (TPSA) is 67.2 Å². The Morgan fingerprint density at radius 2 is 1.90 bits per heavy atom. The highest BCUT2D eigenvalue weighted by molar-refractivity contribution is 5.96. The molecule has 0 bridgehead atoms. The maximum absolute atomic E-state index is 13.0. The van der Waals surface area contributed by atoms with Gasteiger partial charge in [-0.05, 0) is 49.6 Å². The first-order valence-electron chi connectivity index (χ1n) is 10.3. The van der Waals surface area contributed by atoms with Crippen LogP contribution in [-0.2, 0) is 11.3 Å². The molecule has 6 heteroatoms. The molecule has 1 unspecified atom stereocenters. The number of aromatic nitrogens is 2. The van der Waals surface area contributed by atoms with Gasteiger partial charge in [0.2, 0.25) is 5.91 Å². The summed E-state index contributed by atoms with van der Waals surface area (Å²) in [4.78, 5) is 27.7. The van der Waals surface area contributed by atoms with E-state index in [-0.39, 0.29) is 17.7 Å². The second-order valence-corrected chi connectivity index (χ2v) is 7.81. The number of carbonyl (C=O) groups is 2. The predicted molar refractivity (Wildman–Crippen MR) is 116 cm³/mol. The number of para-hydroxylation sites is 1. The lowest BCUT2D eigenvalue weighted by Gasteiger charge is -2.32. The minimum Gasteiger partial charge on any atom is -0.338 e. The quantitative estimate of drug-likeness (QED) is 0.707. The van der Waals surface area contributed by atoms with E-state index in [2.05, 4.69) is 10.4 Å². The summed E-state index contributed by atoms with van der Waals surface area (Å²) >= 11 is 0. The lowest BCUT2D eigenvalue weighted by Crippen LogP contribution is -2.43. The molecule has 3 aromatic rings. The number of piperidine rings is 1. The van der Waals surface area contributed by atoms with Crippen LogP contribution in [0, 0.1) is 12.8 Å². The molecular formula is C24H26N4O2. The van der Waals surface area contributed by atoms with Crippen LogP contribution in [0.3, 0.4) is 0 Å². The van der Waals surface area contributed by atoms with E-state index in [1.54, 1.807) is 11.1 Å². The van der Waals surface area contributed by atoms with Gasteiger partial charge in [-0.3, -0.25) is 14.3 Å². The fourth-order valence-electron chi connectivity index (χ4n) is 3.84. The van der Waals surface area contributed by atoms with Gasteiger partial charge in [0.05, 0.1) is 12.5 Å². The van der Waals surface area contributed by atoms with Crippen LogP contribution in [0.25, 0.3) is 0 Å². The first kappa shape index (κ1) is 19.9. The summed E-state index contributed by atoms with van der Waals surface area (Å²) in [5, 5.41) is 7.33. The van der Waals surface area contributed by atoms with E-state index in [4.69, 9.17) is 0 Å². The summed E-state index contributed by atoms with van der Waals surface area (Å²) in [6, 6.07) is 17.2. The fourth-order valence-corrected chi connectivity index (χ4v) is 3.84. The van der Waals surface area contributed by atoms with Crippen LogP contribution in [0.15, 0.2) is 67.0 Å². The van der Waals surface area contributed by atoms with E-state index in [1.807, 2.05) is 72.4 Å². The predicted octanol–water partition coefficient (Wildman–Crippen LogP) is 3.73. The Kier molecular flexibility index (Phi) is 5.93. The number of rotatable bonds is 5. The summed E-state index contributed by atoms with van der Waals surface area (Å²) in [7, 11) is 0. The van der Waals surface area contributed by atoms with Crippen molar-refractivity contribution >= 4 is 17.5 Å². The Balaban J connectivity index is 1.43. The van der Waals surface area contributed by atoms with E-state index in [9.17, 15) is 9.59 Å². The van der Waals surface area contributed by atoms with E-state index >= 15 is 0 Å². The first-order valence-corrected chi connectivity index (χ1v) is 10.3. The average Bonchev–Trinajstić information content (AvgIpc) is 3.28. The maximum Gasteiger partial charge on any atom is 0.253 e. The summed E-state index contributed by atoms with van der Waals surface area (Å²) in [6.07, 6.45) is 5.24. The third kappa shape index (κ3) is 4.59. The van der Waals surface area contributed by atoms with Crippen LogP contribution in [0.1, 0.15) is 34.3 Å². The first-order chi connectivity index (χ1) is 14.6. The fraction of sp³-hybridized carbons (Fsp3) is 0.292. The molecule has 0 saturated carbocycles. The molecule has 1 aliphatic rings. The Morgan fingerprint density at radius 1 is 1.10 bits per heavy atom. The number of benzene rings is 2. The molecule has 4 rings (SSSR count). The van der Waals surface area contributed by atoms with Crippen LogP contribution < -0.4 is 5.32 Å². The number of carbonyl (C=O) groups excluding carboxylic acids is 2. The molecule has 0 spiro atoms. The largest absolute Gasteiger partial charge is 0.338 e. The van der Waals surface area contributed by atoms with Crippen molar-refractivity contribution in [3.8, 4) is 0 Å². The molecule has 1 fully saturated rings. The van der Waals surface area contributed by atoms with E-state index < -0.39 is 0 Å². The molecule has 30 heavy (non-hydrogen) atoms. The Morgan fingerprint density at radius 3 is 2.67 bits per heavy atom. The summed E-state index contributed by atoms with van der Waals surface area (Å²) in [5.74, 6) is -0.262. The number of hydrogen-bond acceptors (Lipinski definition) is 3. The van der Waals surface area contributed by atoms with E-state index in [0.29, 0.717) is 25.2 Å². The van der Waals surface area contributed by atoms with Gasteiger partial charge in [-0.25, -0.2) is 0 Å². The van der Waals surface area contributed by atoms with Crippen molar-refractivity contribution in [2.24, 2.45) is 5.92 Å². The van der Waals surface area contributed by atoms with Crippen molar-refractivity contribution in [1.82, 2.24) is 14.7 Å². The third-order valence-corrected chi connectivity index (χ3v) is 5.54. The van der Waals surface area contributed by atoms with Gasteiger partial charge in [-0.1, -0.05) is 35.9 Å². The van der Waals surface area contributed by atoms with Crippen LogP contribution >= 0.6 is 0 Å². The molecule has 0 aliphatic carbocycles. The lowest BCUT2D eigenvalue weighted by atomic mass is 9.96. The molecule has 2 amide bonds. The van der Waals surface area contributed by atoms with Gasteiger partial charge in [0, 0.05) is 36.7 Å². The number of aryl methyl sites for hydroxylation is 1. The molecule has 1 atom stereocenters. The summed E-state index contributed by atoms with van der Waals surface area (Å²) in [5.41, 5.74) is 3.58. The monoisotopic (exact) mass is 402 g/mol. The van der Waals surface area contributed by atoms with Gasteiger partial charge in [0.1, 0.15) is 0 Å². The Hall–Kier alpha value is -3.41. The van der Waals surface area contributed by atoms with Crippen molar-refractivity contribution in [2.75, 3.05) is 18.4 Å². The molecule has 1 aliphatic heterocycles. The van der Waals surface area contributed by atoms with Crippen molar-refractivity contribution in [2.45, 2.75) is 26.3 Å².